The van der Waals surface area contributed by atoms with Crippen LogP contribution in [0.4, 0.5) is 0 Å². The van der Waals surface area contributed by atoms with Crippen molar-refractivity contribution in [3.8, 4) is 0 Å². The van der Waals surface area contributed by atoms with Gasteiger partial charge >= 0.3 is 15.2 Å². The number of nitrogens with zero attached hydrogens (tertiary/aromatic N) is 1. The second-order valence-electron chi connectivity index (χ2n) is 1.72. The minimum absolute atomic E-state index is 1.16. The molecule has 0 aromatic heterocycles. The molecule has 0 rings (SSSR count). The van der Waals surface area contributed by atoms with E-state index < -0.39 is 20.4 Å². The Morgan fingerprint density at radius 2 is 1.50 bits per heavy atom. The summed E-state index contributed by atoms with van der Waals surface area (Å²) in [5.74, 6) is 0. The minimum atomic E-state index is -4.99. The predicted molar refractivity (Wildman–Crippen MR) is 40.6 cm³/mol. The Bertz CT molecular complexity index is 249. The lowest BCUT2D eigenvalue weighted by Gasteiger charge is -2.08. The third-order valence-corrected chi connectivity index (χ3v) is 3.54. The summed E-state index contributed by atoms with van der Waals surface area (Å²) in [4.78, 5) is 33.6. The van der Waals surface area contributed by atoms with Gasteiger partial charge in [-0.1, -0.05) is 0 Å². The number of hydrazone groups is 1. The molecule has 0 aliphatic rings. The van der Waals surface area contributed by atoms with Gasteiger partial charge in [0, 0.05) is 7.05 Å². The van der Waals surface area contributed by atoms with Crippen molar-refractivity contribution < 1.29 is 28.7 Å². The first kappa shape index (κ1) is 11.8. The van der Waals surface area contributed by atoms with Gasteiger partial charge in [0.05, 0.1) is 0 Å². The zero-order chi connectivity index (χ0) is 9.99. The molecule has 5 N–H and O–H groups in total. The van der Waals surface area contributed by atoms with E-state index in [0.717, 1.165) is 7.05 Å². The zero-order valence-electron chi connectivity index (χ0n) is 5.95. The monoisotopic (exact) mass is 218 g/mol. The van der Waals surface area contributed by atoms with Crippen LogP contribution >= 0.6 is 15.2 Å². The van der Waals surface area contributed by atoms with Gasteiger partial charge < -0.3 is 25.0 Å². The summed E-state index contributed by atoms with van der Waals surface area (Å²) in [7, 11) is -8.82. The van der Waals surface area contributed by atoms with Crippen molar-refractivity contribution in [2.45, 2.75) is 0 Å². The van der Waals surface area contributed by atoms with E-state index in [-0.39, 0.29) is 0 Å². The van der Waals surface area contributed by atoms with Crippen LogP contribution in [0.1, 0.15) is 0 Å². The molecule has 0 radical (unpaired) electrons. The molecule has 0 aromatic rings. The van der Waals surface area contributed by atoms with Crippen LogP contribution in [0.15, 0.2) is 5.10 Å². The molecule has 0 saturated heterocycles. The van der Waals surface area contributed by atoms with Crippen LogP contribution in [-0.2, 0) is 9.13 Å². The highest BCUT2D eigenvalue weighted by molar-refractivity contribution is 7.97. The molecule has 0 bridgehead atoms. The summed E-state index contributed by atoms with van der Waals surface area (Å²) >= 11 is 0. The largest absolute Gasteiger partial charge is 0.384 e. The smallest absolute Gasteiger partial charge is 0.320 e. The van der Waals surface area contributed by atoms with Crippen LogP contribution in [0.3, 0.4) is 0 Å². The summed E-state index contributed by atoms with van der Waals surface area (Å²) in [6.07, 6.45) is 0. The molecule has 0 aliphatic heterocycles. The standard InChI is InChI=1S/C2H8N2O6P2/c1-3-4-2(11(5,6)7)12(8,9)10/h3H,1H3,(H2,5,6,7)(H2,8,9,10). The maximum absolute atomic E-state index is 10.4. The molecule has 0 unspecified atom stereocenters. The van der Waals surface area contributed by atoms with Crippen LogP contribution in [0.2, 0.25) is 0 Å². The van der Waals surface area contributed by atoms with E-state index >= 15 is 0 Å². The first-order valence-corrected chi connectivity index (χ1v) is 5.78. The SMILES string of the molecule is CNN=C(P(=O)(O)O)P(=O)(O)O. The number of hydrogen-bond acceptors (Lipinski definition) is 4. The van der Waals surface area contributed by atoms with Gasteiger partial charge in [-0.15, -0.1) is 0 Å². The van der Waals surface area contributed by atoms with Gasteiger partial charge in [-0.2, -0.15) is 5.10 Å². The number of rotatable bonds is 3. The fourth-order valence-corrected chi connectivity index (χ4v) is 2.22. The van der Waals surface area contributed by atoms with Crippen LogP contribution in [0.5, 0.6) is 0 Å². The number of hydrogen-bond donors (Lipinski definition) is 5. The van der Waals surface area contributed by atoms with Gasteiger partial charge in [0.1, 0.15) is 0 Å². The van der Waals surface area contributed by atoms with Gasteiger partial charge in [-0.25, -0.2) is 0 Å². The van der Waals surface area contributed by atoms with Crippen LogP contribution in [-0.4, -0.2) is 31.8 Å². The molecular weight excluding hydrogens is 210 g/mol. The molecule has 0 atom stereocenters. The molecule has 0 spiro atoms. The van der Waals surface area contributed by atoms with Crippen LogP contribution in [0.25, 0.3) is 0 Å². The predicted octanol–water partition coefficient (Wildman–Crippen LogP) is -1.17. The molecule has 0 saturated carbocycles. The van der Waals surface area contributed by atoms with E-state index in [0.29, 0.717) is 0 Å². The van der Waals surface area contributed by atoms with E-state index in [1.54, 1.807) is 0 Å². The van der Waals surface area contributed by atoms with Gasteiger partial charge in [-0.05, 0) is 0 Å². The topological polar surface area (TPSA) is 139 Å². The Morgan fingerprint density at radius 1 is 1.17 bits per heavy atom. The van der Waals surface area contributed by atoms with Crippen molar-refractivity contribution in [3.63, 3.8) is 0 Å². The first-order valence-electron chi connectivity index (χ1n) is 2.56. The second-order valence-corrected chi connectivity index (χ2v) is 5.10. The molecule has 12 heavy (non-hydrogen) atoms. The van der Waals surface area contributed by atoms with Crippen LogP contribution in [0, 0.1) is 0 Å². The Balaban J connectivity index is 5.11. The maximum atomic E-state index is 10.4. The van der Waals surface area contributed by atoms with Gasteiger partial charge in [0.2, 0.25) is 0 Å². The Morgan fingerprint density at radius 3 is 1.58 bits per heavy atom. The molecule has 0 amide bonds. The van der Waals surface area contributed by atoms with E-state index in [4.69, 9.17) is 19.6 Å². The minimum Gasteiger partial charge on any atom is -0.320 e. The van der Waals surface area contributed by atoms with E-state index in [2.05, 4.69) is 5.10 Å². The molecule has 0 aromatic carbocycles. The average Bonchev–Trinajstić information content (AvgIpc) is 1.77. The fraction of sp³-hybridized carbons (Fsp3) is 0.500. The third kappa shape index (κ3) is 3.44. The Labute approximate surface area is 67.6 Å². The van der Waals surface area contributed by atoms with Gasteiger partial charge in [0.25, 0.3) is 5.19 Å². The number of nitrogens with one attached hydrogen (secondary N) is 1. The summed E-state index contributed by atoms with van der Waals surface area (Å²) < 4.78 is 20.8. The van der Waals surface area contributed by atoms with Crippen molar-refractivity contribution in [3.05, 3.63) is 0 Å². The van der Waals surface area contributed by atoms with Gasteiger partial charge in [0.15, 0.2) is 0 Å². The molecule has 0 heterocycles. The lowest BCUT2D eigenvalue weighted by atomic mass is 11.5. The molecule has 10 heteroatoms. The first-order chi connectivity index (χ1) is 5.19. The molecule has 0 fully saturated rings. The molecule has 8 nitrogen and oxygen atoms in total. The highest BCUT2D eigenvalue weighted by Gasteiger charge is 2.38. The zero-order valence-corrected chi connectivity index (χ0v) is 7.74. The van der Waals surface area contributed by atoms with Gasteiger partial charge in [-0.3, -0.25) is 9.13 Å². The second kappa shape index (κ2) is 3.66. The maximum Gasteiger partial charge on any atom is 0.384 e. The van der Waals surface area contributed by atoms with Crippen molar-refractivity contribution in [2.24, 2.45) is 5.10 Å². The molecule has 72 valence electrons. The summed E-state index contributed by atoms with van der Waals surface area (Å²) in [6, 6.07) is 0. The normalized spacial score (nSPS) is 12.4. The summed E-state index contributed by atoms with van der Waals surface area (Å²) in [5.41, 5.74) is 1.88. The average molecular weight is 218 g/mol. The van der Waals surface area contributed by atoms with E-state index in [1.165, 1.54) is 0 Å². The van der Waals surface area contributed by atoms with Crippen molar-refractivity contribution in [1.82, 2.24) is 5.43 Å². The van der Waals surface area contributed by atoms with Crippen molar-refractivity contribution in [1.29, 1.82) is 0 Å². The van der Waals surface area contributed by atoms with Crippen molar-refractivity contribution in [2.75, 3.05) is 7.05 Å². The van der Waals surface area contributed by atoms with E-state index in [1.807, 2.05) is 5.43 Å². The Kier molecular flexibility index (Phi) is 3.59. The third-order valence-electron chi connectivity index (χ3n) is 0.733. The quantitative estimate of drug-likeness (QED) is 0.228. The lowest BCUT2D eigenvalue weighted by molar-refractivity contribution is 0.380. The Hall–Kier alpha value is -0.230. The van der Waals surface area contributed by atoms with Crippen LogP contribution < -0.4 is 5.43 Å². The highest BCUT2D eigenvalue weighted by Crippen LogP contribution is 2.54. The molecular formula is C2H8N2O6P2. The van der Waals surface area contributed by atoms with E-state index in [9.17, 15) is 9.13 Å². The van der Waals surface area contributed by atoms with Crippen molar-refractivity contribution >= 4 is 20.4 Å². The fourth-order valence-electron chi connectivity index (χ4n) is 0.400. The summed E-state index contributed by atoms with van der Waals surface area (Å²) in [5, 5.41) is 1.35. The highest BCUT2D eigenvalue weighted by atomic mass is 31.2. The lowest BCUT2D eigenvalue weighted by Crippen LogP contribution is -2.06. The molecule has 0 aliphatic carbocycles. The summed E-state index contributed by atoms with van der Waals surface area (Å²) in [6.45, 7) is 0.